The van der Waals surface area contributed by atoms with Crippen LogP contribution in [0.15, 0.2) is 40.3 Å². The normalized spacial score (nSPS) is 27.4. The van der Waals surface area contributed by atoms with Crippen LogP contribution in [0.25, 0.3) is 0 Å². The molecule has 1 fully saturated rings. The standard InChI is InChI=1S/C27H37BN2O2/c1-18(2)22-26(5,6)31-24(29-22)28(21-16-12-13-17-21,20-14-10-9-11-15-20)25-30-23(19(3)4)27(7,8)32-25/h9-19,22-23H,1-8H3/q-1/t22-,23-/m0/s1. The van der Waals surface area contributed by atoms with Gasteiger partial charge in [-0.3, -0.25) is 9.98 Å². The maximum absolute atomic E-state index is 6.76. The van der Waals surface area contributed by atoms with Crippen LogP contribution in [-0.2, 0) is 9.47 Å². The van der Waals surface area contributed by atoms with Gasteiger partial charge in [0.15, 0.2) is 0 Å². The molecule has 3 aliphatic rings. The fourth-order valence-electron chi connectivity index (χ4n) is 5.89. The van der Waals surface area contributed by atoms with Crippen molar-refractivity contribution in [1.82, 2.24) is 0 Å². The molecule has 171 valence electrons. The Balaban J connectivity index is 1.96. The summed E-state index contributed by atoms with van der Waals surface area (Å²) in [5.41, 5.74) is 0.324. The summed E-state index contributed by atoms with van der Waals surface area (Å²) >= 11 is 0. The van der Waals surface area contributed by atoms with E-state index in [9.17, 15) is 0 Å². The summed E-state index contributed by atoms with van der Waals surface area (Å²) < 4.78 is 13.5. The molecule has 2 atom stereocenters. The first-order chi connectivity index (χ1) is 15.0. The van der Waals surface area contributed by atoms with E-state index >= 15 is 0 Å². The smallest absolute Gasteiger partial charge is 0.209 e. The van der Waals surface area contributed by atoms with Crippen molar-refractivity contribution < 1.29 is 9.47 Å². The molecule has 0 unspecified atom stereocenters. The van der Waals surface area contributed by atoms with E-state index in [1.807, 2.05) is 6.07 Å². The van der Waals surface area contributed by atoms with Gasteiger partial charge < -0.3 is 9.47 Å². The lowest BCUT2D eigenvalue weighted by Gasteiger charge is -2.46. The van der Waals surface area contributed by atoms with E-state index in [0.29, 0.717) is 11.8 Å². The molecule has 1 aromatic carbocycles. The van der Waals surface area contributed by atoms with E-state index in [0.717, 1.165) is 22.9 Å². The Bertz CT molecular complexity index is 838. The maximum atomic E-state index is 6.76. The summed E-state index contributed by atoms with van der Waals surface area (Å²) in [7, 11) is 0. The molecule has 0 aromatic heterocycles. The molecule has 5 radical (unpaired) electrons. The lowest BCUT2D eigenvalue weighted by molar-refractivity contribution is 0.0806. The zero-order chi connectivity index (χ0) is 23.3. The highest BCUT2D eigenvalue weighted by Crippen LogP contribution is 2.43. The molecule has 4 nitrogen and oxygen atoms in total. The Morgan fingerprint density at radius 3 is 1.56 bits per heavy atom. The number of aliphatic imine (C=N–C) groups is 2. The second kappa shape index (κ2) is 8.22. The van der Waals surface area contributed by atoms with Crippen LogP contribution in [-0.4, -0.2) is 41.0 Å². The Morgan fingerprint density at radius 1 is 0.750 bits per heavy atom. The number of hydrogen-bond acceptors (Lipinski definition) is 4. The summed E-state index contributed by atoms with van der Waals surface area (Å²) in [5.74, 6) is 3.33. The Labute approximate surface area is 195 Å². The summed E-state index contributed by atoms with van der Waals surface area (Å²) in [5, 5.41) is 0. The first kappa shape index (κ1) is 23.4. The number of hydrogen-bond donors (Lipinski definition) is 0. The summed E-state index contributed by atoms with van der Waals surface area (Å²) in [6.45, 7) is 17.4. The van der Waals surface area contributed by atoms with Gasteiger partial charge in [0, 0.05) is 11.6 Å². The SMILES string of the molecule is CC(C)[C@@H]1N=C([B-]([C]2[CH][CH][CH][CH]2)(C2=N[C@@H](C(C)C)C(C)(C)O2)c2ccccc2)OC1(C)C. The van der Waals surface area contributed by atoms with E-state index in [1.165, 1.54) is 0 Å². The third-order valence-electron chi connectivity index (χ3n) is 7.18. The van der Waals surface area contributed by atoms with Crippen LogP contribution in [0.1, 0.15) is 55.4 Å². The Morgan fingerprint density at radius 2 is 1.19 bits per heavy atom. The van der Waals surface area contributed by atoms with Gasteiger partial charge in [0.25, 0.3) is 0 Å². The molecule has 0 spiro atoms. The van der Waals surface area contributed by atoms with Gasteiger partial charge in [-0.15, -0.1) is 0 Å². The molecule has 1 aliphatic carbocycles. The first-order valence-electron chi connectivity index (χ1n) is 12.0. The fourth-order valence-corrected chi connectivity index (χ4v) is 5.89. The minimum Gasteiger partial charge on any atom is -0.513 e. The summed E-state index contributed by atoms with van der Waals surface area (Å²) in [6, 6.07) is 10.7. The molecule has 5 heteroatoms. The summed E-state index contributed by atoms with van der Waals surface area (Å²) in [6.07, 6.45) is 6.71. The highest BCUT2D eigenvalue weighted by molar-refractivity contribution is 7.35. The Hall–Kier alpha value is -1.78. The van der Waals surface area contributed by atoms with Crippen molar-refractivity contribution in [2.75, 3.05) is 0 Å². The van der Waals surface area contributed by atoms with E-state index in [2.05, 4.69) is 105 Å². The van der Waals surface area contributed by atoms with Gasteiger partial charge in [0.2, 0.25) is 6.15 Å². The minimum atomic E-state index is -1.77. The third kappa shape index (κ3) is 3.70. The monoisotopic (exact) mass is 432 g/mol. The van der Waals surface area contributed by atoms with Crippen molar-refractivity contribution in [3.05, 3.63) is 61.8 Å². The molecule has 4 rings (SSSR count). The molecule has 32 heavy (non-hydrogen) atoms. The van der Waals surface area contributed by atoms with Gasteiger partial charge in [-0.25, -0.2) is 0 Å². The van der Waals surface area contributed by atoms with Crippen molar-refractivity contribution in [3.8, 4) is 0 Å². The lowest BCUT2D eigenvalue weighted by atomic mass is 9.14. The van der Waals surface area contributed by atoms with E-state index < -0.39 is 17.3 Å². The zero-order valence-corrected chi connectivity index (χ0v) is 20.8. The second-order valence-electron chi connectivity index (χ2n) is 11.2. The van der Waals surface area contributed by atoms with Gasteiger partial charge >= 0.3 is 0 Å². The van der Waals surface area contributed by atoms with E-state index in [1.54, 1.807) is 0 Å². The van der Waals surface area contributed by atoms with Gasteiger partial charge in [-0.2, -0.15) is 11.3 Å². The number of benzene rings is 1. The van der Waals surface area contributed by atoms with Crippen LogP contribution in [0.5, 0.6) is 0 Å². The largest absolute Gasteiger partial charge is 0.513 e. The lowest BCUT2D eigenvalue weighted by Crippen LogP contribution is -2.67. The molecular formula is C27H37BN2O2-. The topological polar surface area (TPSA) is 43.2 Å². The highest BCUT2D eigenvalue weighted by atomic mass is 16.5. The first-order valence-corrected chi connectivity index (χ1v) is 12.0. The fraction of sp³-hybridized carbons (Fsp3) is 0.519. The number of rotatable bonds is 6. The molecule has 1 aromatic rings. The van der Waals surface area contributed by atoms with Gasteiger partial charge in [0.05, 0.1) is 12.1 Å². The van der Waals surface area contributed by atoms with Crippen LogP contribution >= 0.6 is 0 Å². The predicted octanol–water partition coefficient (Wildman–Crippen LogP) is 4.83. The van der Waals surface area contributed by atoms with Crippen molar-refractivity contribution in [1.29, 1.82) is 0 Å². The Kier molecular flexibility index (Phi) is 6.01. The zero-order valence-electron chi connectivity index (χ0n) is 20.8. The van der Waals surface area contributed by atoms with Crippen molar-refractivity contribution >= 4 is 23.2 Å². The molecule has 0 N–H and O–H groups in total. The van der Waals surface area contributed by atoms with E-state index in [4.69, 9.17) is 19.5 Å². The number of nitrogens with zero attached hydrogens (tertiary/aromatic N) is 2. The predicted molar refractivity (Wildman–Crippen MR) is 135 cm³/mol. The molecule has 2 heterocycles. The molecule has 0 saturated heterocycles. The van der Waals surface area contributed by atoms with Gasteiger partial charge in [0.1, 0.15) is 11.2 Å². The molecule has 1 saturated carbocycles. The maximum Gasteiger partial charge on any atom is 0.209 e. The quantitative estimate of drug-likeness (QED) is 0.605. The van der Waals surface area contributed by atoms with Crippen molar-refractivity contribution in [2.24, 2.45) is 21.8 Å². The van der Waals surface area contributed by atoms with Gasteiger partial charge in [-0.05, 0) is 52.4 Å². The number of ether oxygens (including phenoxy) is 2. The van der Waals surface area contributed by atoms with Crippen LogP contribution < -0.4 is 5.46 Å². The third-order valence-corrected chi connectivity index (χ3v) is 7.18. The highest BCUT2D eigenvalue weighted by Gasteiger charge is 2.55. The average Bonchev–Trinajstić information content (AvgIpc) is 3.41. The summed E-state index contributed by atoms with van der Waals surface area (Å²) in [4.78, 5) is 10.5. The average molecular weight is 432 g/mol. The molecule has 2 aliphatic heterocycles. The van der Waals surface area contributed by atoms with Crippen LogP contribution in [0, 0.1) is 43.3 Å². The molecular weight excluding hydrogens is 395 g/mol. The molecule has 0 bridgehead atoms. The van der Waals surface area contributed by atoms with Crippen LogP contribution in [0.4, 0.5) is 0 Å². The van der Waals surface area contributed by atoms with Gasteiger partial charge in [-0.1, -0.05) is 70.9 Å². The molecule has 0 amide bonds. The van der Waals surface area contributed by atoms with Crippen molar-refractivity contribution in [3.63, 3.8) is 0 Å². The van der Waals surface area contributed by atoms with E-state index in [-0.39, 0.29) is 12.1 Å². The van der Waals surface area contributed by atoms with Crippen molar-refractivity contribution in [2.45, 2.75) is 78.7 Å². The second-order valence-corrected chi connectivity index (χ2v) is 11.2. The minimum absolute atomic E-state index is 0.0633. The van der Waals surface area contributed by atoms with Crippen LogP contribution in [0.2, 0.25) is 0 Å². The van der Waals surface area contributed by atoms with Crippen LogP contribution in [0.3, 0.4) is 0 Å².